The van der Waals surface area contributed by atoms with E-state index in [-0.39, 0.29) is 17.2 Å². The predicted molar refractivity (Wildman–Crippen MR) is 69.2 cm³/mol. The first-order valence-corrected chi connectivity index (χ1v) is 6.10. The highest BCUT2D eigenvalue weighted by Crippen LogP contribution is 2.28. The van der Waals surface area contributed by atoms with E-state index < -0.39 is 12.0 Å². The minimum atomic E-state index is -4.56. The minimum Gasteiger partial charge on any atom is -0.370 e. The maximum atomic E-state index is 12.7. The second kappa shape index (κ2) is 5.63. The van der Waals surface area contributed by atoms with Crippen molar-refractivity contribution in [2.75, 3.05) is 17.2 Å². The SMILES string of the molecule is CCCNc1cc(NC(C)(C)C)nc(C(F)(F)F)n1. The van der Waals surface area contributed by atoms with Crippen LogP contribution in [0, 0.1) is 0 Å². The van der Waals surface area contributed by atoms with Crippen molar-refractivity contribution in [3.05, 3.63) is 11.9 Å². The number of nitrogens with one attached hydrogen (secondary N) is 2. The predicted octanol–water partition coefficient (Wildman–Crippen LogP) is 3.53. The van der Waals surface area contributed by atoms with E-state index in [1.807, 2.05) is 27.7 Å². The molecular formula is C12H19F3N4. The maximum Gasteiger partial charge on any atom is 0.451 e. The van der Waals surface area contributed by atoms with Gasteiger partial charge in [0.15, 0.2) is 0 Å². The van der Waals surface area contributed by atoms with Crippen molar-refractivity contribution < 1.29 is 13.2 Å². The van der Waals surface area contributed by atoms with Crippen LogP contribution in [0.2, 0.25) is 0 Å². The van der Waals surface area contributed by atoms with Crippen LogP contribution in [-0.2, 0) is 6.18 Å². The van der Waals surface area contributed by atoms with Crippen LogP contribution >= 0.6 is 0 Å². The first-order valence-electron chi connectivity index (χ1n) is 6.10. The molecule has 108 valence electrons. The standard InChI is InChI=1S/C12H19F3N4/c1-5-6-16-8-7-9(19-11(2,3)4)18-10(17-8)12(13,14)15/h7H,5-6H2,1-4H3,(H2,16,17,18,19). The highest BCUT2D eigenvalue weighted by Gasteiger charge is 2.35. The smallest absolute Gasteiger partial charge is 0.370 e. The fourth-order valence-corrected chi connectivity index (χ4v) is 1.37. The Morgan fingerprint density at radius 3 is 2.16 bits per heavy atom. The minimum absolute atomic E-state index is 0.161. The van der Waals surface area contributed by atoms with Gasteiger partial charge in [-0.15, -0.1) is 0 Å². The van der Waals surface area contributed by atoms with Crippen molar-refractivity contribution in [3.63, 3.8) is 0 Å². The third-order valence-electron chi connectivity index (χ3n) is 2.04. The topological polar surface area (TPSA) is 49.8 Å². The Morgan fingerprint density at radius 2 is 1.68 bits per heavy atom. The monoisotopic (exact) mass is 276 g/mol. The number of rotatable bonds is 4. The van der Waals surface area contributed by atoms with E-state index in [0.29, 0.717) is 6.54 Å². The highest BCUT2D eigenvalue weighted by molar-refractivity contribution is 5.49. The zero-order valence-corrected chi connectivity index (χ0v) is 11.5. The van der Waals surface area contributed by atoms with Crippen LogP contribution in [0.3, 0.4) is 0 Å². The molecule has 1 heterocycles. The van der Waals surface area contributed by atoms with E-state index in [2.05, 4.69) is 20.6 Å². The fraction of sp³-hybridized carbons (Fsp3) is 0.667. The number of anilines is 2. The van der Waals surface area contributed by atoms with Crippen LogP contribution in [-0.4, -0.2) is 22.1 Å². The quantitative estimate of drug-likeness (QED) is 0.883. The van der Waals surface area contributed by atoms with Crippen molar-refractivity contribution in [1.82, 2.24) is 9.97 Å². The van der Waals surface area contributed by atoms with E-state index in [1.165, 1.54) is 6.07 Å². The Bertz CT molecular complexity index is 424. The lowest BCUT2D eigenvalue weighted by molar-refractivity contribution is -0.144. The molecule has 0 unspecified atom stereocenters. The molecule has 7 heteroatoms. The van der Waals surface area contributed by atoms with Crippen molar-refractivity contribution >= 4 is 11.6 Å². The van der Waals surface area contributed by atoms with Gasteiger partial charge in [0.05, 0.1) is 0 Å². The number of hydrogen-bond donors (Lipinski definition) is 2. The lowest BCUT2D eigenvalue weighted by atomic mass is 10.1. The van der Waals surface area contributed by atoms with Gasteiger partial charge in [-0.05, 0) is 27.2 Å². The van der Waals surface area contributed by atoms with Crippen LogP contribution < -0.4 is 10.6 Å². The van der Waals surface area contributed by atoms with Gasteiger partial charge in [-0.25, -0.2) is 9.97 Å². The summed E-state index contributed by atoms with van der Waals surface area (Å²) in [6.07, 6.45) is -3.76. The van der Waals surface area contributed by atoms with Crippen LogP contribution in [0.25, 0.3) is 0 Å². The normalized spacial score (nSPS) is 12.4. The summed E-state index contributed by atoms with van der Waals surface area (Å²) in [5.41, 5.74) is -0.376. The third kappa shape index (κ3) is 5.32. The molecule has 2 N–H and O–H groups in total. The van der Waals surface area contributed by atoms with E-state index >= 15 is 0 Å². The second-order valence-electron chi connectivity index (χ2n) is 5.26. The average molecular weight is 276 g/mol. The van der Waals surface area contributed by atoms with Crippen molar-refractivity contribution in [1.29, 1.82) is 0 Å². The first kappa shape index (κ1) is 15.5. The molecule has 0 aliphatic rings. The van der Waals surface area contributed by atoms with Gasteiger partial charge in [0.1, 0.15) is 11.6 Å². The summed E-state index contributed by atoms with van der Waals surface area (Å²) in [5.74, 6) is -0.801. The molecule has 0 spiro atoms. The summed E-state index contributed by atoms with van der Waals surface area (Å²) < 4.78 is 38.2. The largest absolute Gasteiger partial charge is 0.451 e. The summed E-state index contributed by atoms with van der Waals surface area (Å²) in [6.45, 7) is 8.03. The lowest BCUT2D eigenvalue weighted by Gasteiger charge is -2.22. The van der Waals surface area contributed by atoms with Crippen molar-refractivity contribution in [3.8, 4) is 0 Å². The molecule has 0 amide bonds. The second-order valence-corrected chi connectivity index (χ2v) is 5.26. The van der Waals surface area contributed by atoms with E-state index in [4.69, 9.17) is 0 Å². The zero-order chi connectivity index (χ0) is 14.7. The van der Waals surface area contributed by atoms with Gasteiger partial charge in [-0.3, -0.25) is 0 Å². The molecule has 0 aliphatic heterocycles. The number of alkyl halides is 3. The molecule has 0 aromatic carbocycles. The maximum absolute atomic E-state index is 12.7. The molecule has 0 atom stereocenters. The summed E-state index contributed by atoms with van der Waals surface area (Å²) in [5, 5.41) is 5.76. The molecule has 0 aliphatic carbocycles. The highest BCUT2D eigenvalue weighted by atomic mass is 19.4. The molecule has 1 aromatic heterocycles. The molecular weight excluding hydrogens is 257 g/mol. The summed E-state index contributed by atoms with van der Waals surface area (Å²) in [6, 6.07) is 1.48. The summed E-state index contributed by atoms with van der Waals surface area (Å²) >= 11 is 0. The van der Waals surface area contributed by atoms with Gasteiger partial charge in [-0.1, -0.05) is 6.92 Å². The Hall–Kier alpha value is -1.53. The van der Waals surface area contributed by atoms with Gasteiger partial charge < -0.3 is 10.6 Å². The number of aromatic nitrogens is 2. The molecule has 0 bridgehead atoms. The van der Waals surface area contributed by atoms with E-state index in [0.717, 1.165) is 6.42 Å². The molecule has 0 radical (unpaired) electrons. The molecule has 1 rings (SSSR count). The Balaban J connectivity index is 3.09. The van der Waals surface area contributed by atoms with Crippen molar-refractivity contribution in [2.24, 2.45) is 0 Å². The molecule has 0 saturated heterocycles. The average Bonchev–Trinajstić information content (AvgIpc) is 2.22. The van der Waals surface area contributed by atoms with Crippen molar-refractivity contribution in [2.45, 2.75) is 45.8 Å². The van der Waals surface area contributed by atoms with Crippen LogP contribution in [0.5, 0.6) is 0 Å². The van der Waals surface area contributed by atoms with Gasteiger partial charge in [0.25, 0.3) is 0 Å². The third-order valence-corrected chi connectivity index (χ3v) is 2.04. The number of nitrogens with zero attached hydrogens (tertiary/aromatic N) is 2. The van der Waals surface area contributed by atoms with Gasteiger partial charge in [0, 0.05) is 18.2 Å². The fourth-order valence-electron chi connectivity index (χ4n) is 1.37. The van der Waals surface area contributed by atoms with Crippen LogP contribution in [0.1, 0.15) is 39.9 Å². The molecule has 19 heavy (non-hydrogen) atoms. The van der Waals surface area contributed by atoms with Gasteiger partial charge in [0.2, 0.25) is 5.82 Å². The Morgan fingerprint density at radius 1 is 1.11 bits per heavy atom. The Labute approximate surface area is 110 Å². The first-order chi connectivity index (χ1) is 8.62. The summed E-state index contributed by atoms with van der Waals surface area (Å²) in [4.78, 5) is 7.00. The number of halogens is 3. The van der Waals surface area contributed by atoms with Crippen LogP contribution in [0.4, 0.5) is 24.8 Å². The molecule has 1 aromatic rings. The van der Waals surface area contributed by atoms with Gasteiger partial charge in [-0.2, -0.15) is 13.2 Å². The zero-order valence-electron chi connectivity index (χ0n) is 11.5. The Kier molecular flexibility index (Phi) is 4.60. The van der Waals surface area contributed by atoms with Crippen LogP contribution in [0.15, 0.2) is 6.07 Å². The lowest BCUT2D eigenvalue weighted by Crippen LogP contribution is -2.27. The van der Waals surface area contributed by atoms with Gasteiger partial charge >= 0.3 is 6.18 Å². The molecule has 4 nitrogen and oxygen atoms in total. The summed E-state index contributed by atoms with van der Waals surface area (Å²) in [7, 11) is 0. The van der Waals surface area contributed by atoms with E-state index in [9.17, 15) is 13.2 Å². The molecule has 0 saturated carbocycles. The van der Waals surface area contributed by atoms with E-state index in [1.54, 1.807) is 0 Å². The number of hydrogen-bond acceptors (Lipinski definition) is 4. The molecule has 0 fully saturated rings.